The summed E-state index contributed by atoms with van der Waals surface area (Å²) in [5.41, 5.74) is 3.76. The molecule has 1 aromatic heterocycles. The topological polar surface area (TPSA) is 39.5 Å². The van der Waals surface area contributed by atoms with Crippen molar-refractivity contribution >= 4 is 17.3 Å². The second kappa shape index (κ2) is 9.96. The number of ether oxygens (including phenoxy) is 2. The van der Waals surface area contributed by atoms with Crippen LogP contribution >= 0.6 is 11.6 Å². The molecule has 0 amide bonds. The second-order valence-corrected chi connectivity index (χ2v) is 8.12. The minimum absolute atomic E-state index is 0.335. The number of nitrogens with zero attached hydrogens (tertiary/aromatic N) is 3. The molecule has 7 heteroatoms. The third-order valence-corrected chi connectivity index (χ3v) is 5.70. The second-order valence-electron chi connectivity index (χ2n) is 7.68. The van der Waals surface area contributed by atoms with Gasteiger partial charge >= 0.3 is 0 Å². The summed E-state index contributed by atoms with van der Waals surface area (Å²) in [6, 6.07) is 20.1. The van der Waals surface area contributed by atoms with Gasteiger partial charge in [-0.3, -0.25) is 0 Å². The number of aromatic nitrogens is 2. The lowest BCUT2D eigenvalue weighted by Gasteiger charge is -2.18. The minimum Gasteiger partial charge on any atom is -0.497 e. The molecule has 0 spiro atoms. The molecule has 33 heavy (non-hydrogen) atoms. The normalized spacial score (nSPS) is 10.8. The van der Waals surface area contributed by atoms with Crippen LogP contribution in [-0.2, 0) is 13.0 Å². The van der Waals surface area contributed by atoms with Crippen molar-refractivity contribution in [2.75, 3.05) is 26.2 Å². The molecule has 0 aliphatic carbocycles. The molecule has 0 aliphatic rings. The van der Waals surface area contributed by atoms with Crippen LogP contribution in [0.4, 0.5) is 10.1 Å². The molecule has 4 aromatic rings. The molecule has 0 fully saturated rings. The molecular formula is C26H25ClFN3O2. The predicted molar refractivity (Wildman–Crippen MR) is 129 cm³/mol. The van der Waals surface area contributed by atoms with Crippen molar-refractivity contribution in [1.82, 2.24) is 9.55 Å². The van der Waals surface area contributed by atoms with E-state index in [2.05, 4.69) is 4.90 Å². The van der Waals surface area contributed by atoms with Crippen molar-refractivity contribution in [3.8, 4) is 17.2 Å². The zero-order chi connectivity index (χ0) is 23.4. The van der Waals surface area contributed by atoms with E-state index in [0.29, 0.717) is 23.7 Å². The van der Waals surface area contributed by atoms with E-state index in [-0.39, 0.29) is 5.82 Å². The summed E-state index contributed by atoms with van der Waals surface area (Å²) in [5.74, 6) is 1.80. The summed E-state index contributed by atoms with van der Waals surface area (Å²) in [6.45, 7) is 0.612. The van der Waals surface area contributed by atoms with Crippen molar-refractivity contribution in [3.63, 3.8) is 0 Å². The van der Waals surface area contributed by atoms with Crippen LogP contribution in [0.15, 0.2) is 72.9 Å². The Labute approximate surface area is 198 Å². The van der Waals surface area contributed by atoms with E-state index in [1.54, 1.807) is 20.3 Å². The molecule has 3 aromatic carbocycles. The molecule has 1 heterocycles. The van der Waals surface area contributed by atoms with Crippen molar-refractivity contribution in [1.29, 1.82) is 0 Å². The van der Waals surface area contributed by atoms with Gasteiger partial charge in [0.2, 0.25) is 0 Å². The molecule has 4 rings (SSSR count). The first-order chi connectivity index (χ1) is 16.0. The monoisotopic (exact) mass is 465 g/mol. The van der Waals surface area contributed by atoms with E-state index >= 15 is 0 Å². The molecule has 0 N–H and O–H groups in total. The Kier molecular flexibility index (Phi) is 6.84. The van der Waals surface area contributed by atoms with Crippen molar-refractivity contribution < 1.29 is 13.9 Å². The van der Waals surface area contributed by atoms with Gasteiger partial charge in [0.05, 0.1) is 26.5 Å². The highest BCUT2D eigenvalue weighted by Crippen LogP contribution is 2.26. The van der Waals surface area contributed by atoms with Crippen LogP contribution < -0.4 is 14.4 Å². The van der Waals surface area contributed by atoms with E-state index < -0.39 is 0 Å². The van der Waals surface area contributed by atoms with Crippen LogP contribution in [0.25, 0.3) is 5.69 Å². The van der Waals surface area contributed by atoms with Crippen LogP contribution in [0.3, 0.4) is 0 Å². The number of benzene rings is 3. The smallest absolute Gasteiger partial charge is 0.126 e. The molecule has 0 radical (unpaired) electrons. The Bertz CT molecular complexity index is 1220. The SMILES string of the molecule is COc1ccc(N(C)Cc2cn(-c3ccc(Cl)cc3)c(Cc3ccc(F)cc3OC)n2)cc1. The Morgan fingerprint density at radius 2 is 1.70 bits per heavy atom. The Morgan fingerprint density at radius 1 is 0.970 bits per heavy atom. The van der Waals surface area contributed by atoms with Crippen LogP contribution in [0.5, 0.6) is 11.5 Å². The zero-order valence-electron chi connectivity index (χ0n) is 18.8. The van der Waals surface area contributed by atoms with E-state index in [0.717, 1.165) is 34.2 Å². The van der Waals surface area contributed by atoms with Crippen molar-refractivity contribution in [2.45, 2.75) is 13.0 Å². The summed E-state index contributed by atoms with van der Waals surface area (Å²) in [6.07, 6.45) is 2.51. The van der Waals surface area contributed by atoms with Gasteiger partial charge in [-0.25, -0.2) is 9.37 Å². The molecular weight excluding hydrogens is 441 g/mol. The minimum atomic E-state index is -0.335. The Balaban J connectivity index is 1.66. The fraction of sp³-hybridized carbons (Fsp3) is 0.192. The lowest BCUT2D eigenvalue weighted by Crippen LogP contribution is -2.16. The number of hydrogen-bond donors (Lipinski definition) is 0. The van der Waals surface area contributed by atoms with Crippen LogP contribution in [0.2, 0.25) is 5.02 Å². The van der Waals surface area contributed by atoms with Crippen molar-refractivity contribution in [3.05, 3.63) is 101 Å². The summed E-state index contributed by atoms with van der Waals surface area (Å²) in [7, 11) is 5.21. The van der Waals surface area contributed by atoms with E-state index in [1.807, 2.05) is 66.3 Å². The highest BCUT2D eigenvalue weighted by atomic mass is 35.5. The van der Waals surface area contributed by atoms with Gasteiger partial charge in [-0.1, -0.05) is 17.7 Å². The first kappa shape index (κ1) is 22.7. The molecule has 0 bridgehead atoms. The van der Waals surface area contributed by atoms with E-state index in [1.165, 1.54) is 12.1 Å². The average Bonchev–Trinajstić information content (AvgIpc) is 3.22. The van der Waals surface area contributed by atoms with E-state index in [4.69, 9.17) is 26.1 Å². The predicted octanol–water partition coefficient (Wildman–Crippen LogP) is 5.91. The van der Waals surface area contributed by atoms with Gasteiger partial charge in [0.1, 0.15) is 23.1 Å². The quantitative estimate of drug-likeness (QED) is 0.324. The highest BCUT2D eigenvalue weighted by molar-refractivity contribution is 6.30. The highest BCUT2D eigenvalue weighted by Gasteiger charge is 2.15. The zero-order valence-corrected chi connectivity index (χ0v) is 19.5. The lowest BCUT2D eigenvalue weighted by atomic mass is 10.1. The van der Waals surface area contributed by atoms with Crippen LogP contribution in [-0.4, -0.2) is 30.8 Å². The fourth-order valence-corrected chi connectivity index (χ4v) is 3.83. The third kappa shape index (κ3) is 5.29. The largest absolute Gasteiger partial charge is 0.497 e. The molecule has 170 valence electrons. The summed E-state index contributed by atoms with van der Waals surface area (Å²) in [4.78, 5) is 7.04. The van der Waals surface area contributed by atoms with Gasteiger partial charge in [0.25, 0.3) is 0 Å². The van der Waals surface area contributed by atoms with Crippen LogP contribution in [0, 0.1) is 5.82 Å². The van der Waals surface area contributed by atoms with Gasteiger partial charge in [0, 0.05) is 47.7 Å². The summed E-state index contributed by atoms with van der Waals surface area (Å²) < 4.78 is 26.4. The standard InChI is InChI=1S/C26H25ClFN3O2/c1-30(22-10-12-24(32-2)13-11-22)16-21-17-31(23-8-5-19(27)6-9-23)26(29-21)14-18-4-7-20(28)15-25(18)33-3/h4-13,15,17H,14,16H2,1-3H3. The maximum Gasteiger partial charge on any atom is 0.126 e. The van der Waals surface area contributed by atoms with Crippen LogP contribution in [0.1, 0.15) is 17.1 Å². The van der Waals surface area contributed by atoms with Gasteiger partial charge in [-0.15, -0.1) is 0 Å². The third-order valence-electron chi connectivity index (χ3n) is 5.44. The van der Waals surface area contributed by atoms with Gasteiger partial charge in [0.15, 0.2) is 0 Å². The first-order valence-corrected chi connectivity index (χ1v) is 10.9. The molecule has 5 nitrogen and oxygen atoms in total. The van der Waals surface area contributed by atoms with Crippen molar-refractivity contribution in [2.24, 2.45) is 0 Å². The number of imidazole rings is 1. The summed E-state index contributed by atoms with van der Waals surface area (Å²) >= 11 is 6.09. The Morgan fingerprint density at radius 3 is 2.36 bits per heavy atom. The number of rotatable bonds is 8. The number of methoxy groups -OCH3 is 2. The summed E-state index contributed by atoms with van der Waals surface area (Å²) in [5, 5.41) is 0.667. The number of hydrogen-bond acceptors (Lipinski definition) is 4. The van der Waals surface area contributed by atoms with Gasteiger partial charge in [-0.2, -0.15) is 0 Å². The molecule has 0 unspecified atom stereocenters. The lowest BCUT2D eigenvalue weighted by molar-refractivity contribution is 0.406. The maximum absolute atomic E-state index is 13.7. The number of halogens is 2. The maximum atomic E-state index is 13.7. The molecule has 0 atom stereocenters. The fourth-order valence-electron chi connectivity index (χ4n) is 3.70. The van der Waals surface area contributed by atoms with E-state index in [9.17, 15) is 4.39 Å². The molecule has 0 aliphatic heterocycles. The molecule has 0 saturated carbocycles. The molecule has 0 saturated heterocycles. The number of anilines is 1. The van der Waals surface area contributed by atoms with Gasteiger partial charge < -0.3 is 18.9 Å². The van der Waals surface area contributed by atoms with Gasteiger partial charge in [-0.05, 0) is 54.6 Å². The first-order valence-electron chi connectivity index (χ1n) is 10.5. The average molecular weight is 466 g/mol. The Hall–Kier alpha value is -3.51.